The standard InChI is InChI=1S/C19H24BrN3O4/c1-11-7-14(8-12(2)19(11)27-6-5-24)22-18-15-9-13(20)3-4-16(15)21-10-17(18)23(25)26/h3-4,9-12,14,19,24H,5-8H2,1-2H3,(H,21,22). The van der Waals surface area contributed by atoms with Gasteiger partial charge in [0, 0.05) is 15.9 Å². The van der Waals surface area contributed by atoms with E-state index < -0.39 is 4.92 Å². The maximum atomic E-state index is 11.6. The van der Waals surface area contributed by atoms with Crippen LogP contribution < -0.4 is 5.32 Å². The van der Waals surface area contributed by atoms with Gasteiger partial charge >= 0.3 is 5.69 Å². The van der Waals surface area contributed by atoms with Gasteiger partial charge in [0.15, 0.2) is 0 Å². The highest BCUT2D eigenvalue weighted by molar-refractivity contribution is 9.10. The van der Waals surface area contributed by atoms with Crippen LogP contribution in [0.1, 0.15) is 26.7 Å². The van der Waals surface area contributed by atoms with E-state index >= 15 is 0 Å². The summed E-state index contributed by atoms with van der Waals surface area (Å²) in [6, 6.07) is 5.69. The van der Waals surface area contributed by atoms with Gasteiger partial charge in [0.1, 0.15) is 11.9 Å². The lowest BCUT2D eigenvalue weighted by Crippen LogP contribution is -2.42. The van der Waals surface area contributed by atoms with E-state index in [9.17, 15) is 10.1 Å². The second-order valence-corrected chi connectivity index (χ2v) is 8.18. The summed E-state index contributed by atoms with van der Waals surface area (Å²) in [7, 11) is 0. The first-order valence-electron chi connectivity index (χ1n) is 9.12. The zero-order valence-electron chi connectivity index (χ0n) is 15.4. The van der Waals surface area contributed by atoms with E-state index in [1.165, 1.54) is 6.20 Å². The van der Waals surface area contributed by atoms with Crippen molar-refractivity contribution in [3.05, 3.63) is 39.0 Å². The Balaban J connectivity index is 1.89. The van der Waals surface area contributed by atoms with Crippen LogP contribution in [-0.4, -0.2) is 40.4 Å². The van der Waals surface area contributed by atoms with Crippen LogP contribution in [-0.2, 0) is 4.74 Å². The molecule has 8 heteroatoms. The van der Waals surface area contributed by atoms with Crippen molar-refractivity contribution in [1.82, 2.24) is 4.98 Å². The predicted octanol–water partition coefficient (Wildman–Crippen LogP) is 4.13. The number of hydrogen-bond acceptors (Lipinski definition) is 6. The number of nitro groups is 1. The Morgan fingerprint density at radius 1 is 1.37 bits per heavy atom. The van der Waals surface area contributed by atoms with Crippen molar-refractivity contribution in [2.75, 3.05) is 18.5 Å². The van der Waals surface area contributed by atoms with Crippen LogP contribution in [0.4, 0.5) is 11.4 Å². The van der Waals surface area contributed by atoms with Gasteiger partial charge in [0.05, 0.1) is 29.8 Å². The summed E-state index contributed by atoms with van der Waals surface area (Å²) < 4.78 is 6.65. The Morgan fingerprint density at radius 2 is 2.07 bits per heavy atom. The molecular weight excluding hydrogens is 414 g/mol. The summed E-state index contributed by atoms with van der Waals surface area (Å²) in [5, 5.41) is 24.7. The molecule has 3 rings (SSSR count). The molecule has 1 aromatic heterocycles. The number of hydrogen-bond donors (Lipinski definition) is 2. The first kappa shape index (κ1) is 20.0. The monoisotopic (exact) mass is 437 g/mol. The van der Waals surface area contributed by atoms with Crippen LogP contribution in [0, 0.1) is 22.0 Å². The molecule has 146 valence electrons. The molecule has 7 nitrogen and oxygen atoms in total. The number of aliphatic hydroxyl groups is 1. The van der Waals surface area contributed by atoms with Crippen molar-refractivity contribution in [3.63, 3.8) is 0 Å². The highest BCUT2D eigenvalue weighted by atomic mass is 79.9. The molecule has 1 saturated carbocycles. The SMILES string of the molecule is CC1CC(Nc2c([N+](=O)[O-])cnc3ccc(Br)cc23)CC(C)C1OCCO. The maximum Gasteiger partial charge on any atom is 0.311 e. The van der Waals surface area contributed by atoms with Crippen molar-refractivity contribution in [1.29, 1.82) is 0 Å². The Morgan fingerprint density at radius 3 is 2.70 bits per heavy atom. The number of halogens is 1. The van der Waals surface area contributed by atoms with Gasteiger partial charge in [-0.15, -0.1) is 0 Å². The van der Waals surface area contributed by atoms with E-state index in [0.717, 1.165) is 22.7 Å². The molecule has 1 aromatic carbocycles. The topological polar surface area (TPSA) is 97.5 Å². The molecule has 0 amide bonds. The Kier molecular flexibility index (Phi) is 6.29. The van der Waals surface area contributed by atoms with Gasteiger partial charge in [-0.2, -0.15) is 0 Å². The number of rotatable bonds is 6. The lowest BCUT2D eigenvalue weighted by Gasteiger charge is -2.39. The molecule has 0 aliphatic heterocycles. The number of benzene rings is 1. The summed E-state index contributed by atoms with van der Waals surface area (Å²) in [5.74, 6) is 0.577. The Labute approximate surface area is 166 Å². The van der Waals surface area contributed by atoms with Crippen molar-refractivity contribution in [2.24, 2.45) is 11.8 Å². The van der Waals surface area contributed by atoms with Crippen LogP contribution in [0.25, 0.3) is 10.9 Å². The van der Waals surface area contributed by atoms with E-state index in [1.54, 1.807) is 0 Å². The molecule has 1 aliphatic rings. The van der Waals surface area contributed by atoms with Gasteiger partial charge in [-0.1, -0.05) is 29.8 Å². The quantitative estimate of drug-likeness (QED) is 0.520. The van der Waals surface area contributed by atoms with Crippen LogP contribution >= 0.6 is 15.9 Å². The number of aliphatic hydroxyl groups excluding tert-OH is 1. The normalized spacial score (nSPS) is 25.5. The molecule has 0 spiro atoms. The molecule has 0 saturated heterocycles. The van der Waals surface area contributed by atoms with Gasteiger partial charge in [0.25, 0.3) is 0 Å². The molecule has 2 N–H and O–H groups in total. The molecule has 1 heterocycles. The van der Waals surface area contributed by atoms with E-state index in [4.69, 9.17) is 9.84 Å². The van der Waals surface area contributed by atoms with E-state index in [1.807, 2.05) is 18.2 Å². The van der Waals surface area contributed by atoms with Crippen LogP contribution in [0.3, 0.4) is 0 Å². The van der Waals surface area contributed by atoms with E-state index in [-0.39, 0.29) is 36.3 Å². The lowest BCUT2D eigenvalue weighted by molar-refractivity contribution is -0.384. The van der Waals surface area contributed by atoms with Gasteiger partial charge in [-0.25, -0.2) is 4.98 Å². The zero-order valence-corrected chi connectivity index (χ0v) is 17.0. The van der Waals surface area contributed by atoms with Gasteiger partial charge in [0.2, 0.25) is 0 Å². The third kappa shape index (κ3) is 4.39. The smallest absolute Gasteiger partial charge is 0.311 e. The second kappa shape index (κ2) is 8.50. The van der Waals surface area contributed by atoms with Crippen molar-refractivity contribution in [2.45, 2.75) is 38.8 Å². The average Bonchev–Trinajstić information content (AvgIpc) is 2.61. The fourth-order valence-corrected chi connectivity index (χ4v) is 4.47. The number of nitrogens with zero attached hydrogens (tertiary/aromatic N) is 2. The number of fused-ring (bicyclic) bond motifs is 1. The minimum absolute atomic E-state index is 0.0143. The minimum atomic E-state index is -0.390. The number of pyridine rings is 1. The van der Waals surface area contributed by atoms with Crippen LogP contribution in [0.5, 0.6) is 0 Å². The molecule has 2 atom stereocenters. The summed E-state index contributed by atoms with van der Waals surface area (Å²) in [6.07, 6.45) is 3.10. The van der Waals surface area contributed by atoms with Gasteiger partial charge in [-0.3, -0.25) is 10.1 Å². The predicted molar refractivity (Wildman–Crippen MR) is 108 cm³/mol. The summed E-state index contributed by atoms with van der Waals surface area (Å²) in [4.78, 5) is 15.4. The Hall–Kier alpha value is -1.77. The zero-order chi connectivity index (χ0) is 19.6. The highest BCUT2D eigenvalue weighted by Crippen LogP contribution is 2.38. The summed E-state index contributed by atoms with van der Waals surface area (Å²) >= 11 is 3.44. The first-order valence-corrected chi connectivity index (χ1v) is 9.91. The Bertz CT molecular complexity index is 820. The molecule has 2 aromatic rings. The van der Waals surface area contributed by atoms with E-state index in [0.29, 0.717) is 17.8 Å². The molecule has 0 radical (unpaired) electrons. The maximum absolute atomic E-state index is 11.6. The number of nitrogens with one attached hydrogen (secondary N) is 1. The van der Waals surface area contributed by atoms with Crippen molar-refractivity contribution >= 4 is 38.2 Å². The number of anilines is 1. The van der Waals surface area contributed by atoms with Gasteiger partial charge in [-0.05, 0) is 42.9 Å². The average molecular weight is 438 g/mol. The summed E-state index contributed by atoms with van der Waals surface area (Å²) in [6.45, 7) is 4.61. The fourth-order valence-electron chi connectivity index (χ4n) is 4.11. The highest BCUT2D eigenvalue weighted by Gasteiger charge is 2.34. The molecular formula is C19H24BrN3O4. The largest absolute Gasteiger partial charge is 0.394 e. The molecule has 1 fully saturated rings. The third-order valence-corrected chi connectivity index (χ3v) is 5.68. The minimum Gasteiger partial charge on any atom is -0.394 e. The first-order chi connectivity index (χ1) is 12.9. The third-order valence-electron chi connectivity index (χ3n) is 5.19. The fraction of sp³-hybridized carbons (Fsp3) is 0.526. The summed E-state index contributed by atoms with van der Waals surface area (Å²) in [5.41, 5.74) is 1.22. The van der Waals surface area contributed by atoms with Crippen LogP contribution in [0.15, 0.2) is 28.9 Å². The number of ether oxygens (including phenoxy) is 1. The lowest BCUT2D eigenvalue weighted by atomic mass is 9.77. The molecule has 2 unspecified atom stereocenters. The van der Waals surface area contributed by atoms with Crippen LogP contribution in [0.2, 0.25) is 0 Å². The molecule has 1 aliphatic carbocycles. The van der Waals surface area contributed by atoms with E-state index in [2.05, 4.69) is 40.1 Å². The van der Waals surface area contributed by atoms with Crippen molar-refractivity contribution < 1.29 is 14.8 Å². The second-order valence-electron chi connectivity index (χ2n) is 7.26. The molecule has 27 heavy (non-hydrogen) atoms. The molecule has 0 bridgehead atoms. The number of aromatic nitrogens is 1. The van der Waals surface area contributed by atoms with Crippen molar-refractivity contribution in [3.8, 4) is 0 Å². The van der Waals surface area contributed by atoms with Gasteiger partial charge < -0.3 is 15.2 Å².